The normalized spacial score (nSPS) is 30.2. The number of aromatic amines is 1. The number of halogens is 6. The fourth-order valence-electron chi connectivity index (χ4n) is 13.5. The Hall–Kier alpha value is -7.30. The van der Waals surface area contributed by atoms with Crippen LogP contribution in [0.1, 0.15) is 103 Å². The van der Waals surface area contributed by atoms with Crippen molar-refractivity contribution in [2.24, 2.45) is 39.2 Å². The van der Waals surface area contributed by atoms with E-state index in [1.165, 1.54) is 42.7 Å². The van der Waals surface area contributed by atoms with Crippen molar-refractivity contribution >= 4 is 122 Å². The summed E-state index contributed by atoms with van der Waals surface area (Å²) in [5, 5.41) is 39.4. The van der Waals surface area contributed by atoms with Crippen LogP contribution in [-0.2, 0) is 54.4 Å². The summed E-state index contributed by atoms with van der Waals surface area (Å²) in [6.07, 6.45) is 1.78. The van der Waals surface area contributed by atoms with Gasteiger partial charge in [0.05, 0.1) is 125 Å². The molecule has 9 heterocycles. The molecule has 0 spiro atoms. The van der Waals surface area contributed by atoms with E-state index in [0.29, 0.717) is 103 Å². The number of aromatic nitrogens is 8. The Morgan fingerprint density at radius 2 is 0.962 bits per heavy atom. The number of aliphatic imine (C=N–C) groups is 2. The standard InChI is InChI=1S/C22H24Cl2N5O5P.C22H24ClFN5O5P.C21H22ClFN5O6P/c2*1-11-15(18(30)8-17(11)29-10-26-20-12(2)27-22(25)28-21(20)29)9-33-35(31)32-6-5-19(34-35)14-7-13(23)3-4-16(14)24;1-10-13(16(29)7-15(10)28-9-25-18-19(28)26-21(24)27-20(18)30)8-33-35(31)32-5-4-17(34-35)12-6-11(23)2-3-14(12)22/h2*3-4,7,10,15,17-19,30H,1-2,5-6,8-9H2,(H3,25,27,28);2-3,6,9,13,15-17,29H,1,4-5,7-8H2,(H3,24,26,27,30)/t2*15-,17-,18-,19+,35-;13-,15-,16-,17+,35-/m000/s1. The van der Waals surface area contributed by atoms with E-state index >= 15 is 0 Å². The third kappa shape index (κ3) is 16.0. The van der Waals surface area contributed by atoms with Crippen LogP contribution in [0.3, 0.4) is 0 Å². The number of nitrogens with one attached hydrogen (secondary N) is 3. The highest BCUT2D eigenvalue weighted by molar-refractivity contribution is 7.49. The van der Waals surface area contributed by atoms with Crippen molar-refractivity contribution in [3.8, 4) is 0 Å². The maximum atomic E-state index is 14.3. The van der Waals surface area contributed by atoms with Gasteiger partial charge in [-0.25, -0.2) is 37.4 Å². The number of phosphoric acid groups is 3. The number of guanidine groups is 2. The predicted molar refractivity (Wildman–Crippen MR) is 384 cm³/mol. The number of nitrogen functional groups attached to an aromatic ring is 1. The van der Waals surface area contributed by atoms with Crippen molar-refractivity contribution < 1.29 is 78.5 Å². The van der Waals surface area contributed by atoms with E-state index in [-0.39, 0.29) is 104 Å². The van der Waals surface area contributed by atoms with Gasteiger partial charge in [-0.1, -0.05) is 79.3 Å². The van der Waals surface area contributed by atoms with Crippen molar-refractivity contribution in [3.05, 3.63) is 193 Å². The number of nitrogens with two attached hydrogens (primary N) is 3. The minimum Gasteiger partial charge on any atom is -0.392 e. The van der Waals surface area contributed by atoms with Crippen LogP contribution in [0.2, 0.25) is 20.1 Å². The molecule has 3 saturated heterocycles. The molecule has 558 valence electrons. The van der Waals surface area contributed by atoms with Crippen molar-refractivity contribution in [2.45, 2.75) is 93.3 Å². The number of fused-ring (bicyclic) bond motifs is 3. The fraction of sp³-hybridized carbons (Fsp3) is 0.369. The minimum atomic E-state index is -4.03. The molecular weight excluding hydrogens is 1520 g/mol. The number of hydrogen-bond acceptors (Lipinski definition) is 27. The molecule has 3 aliphatic carbocycles. The Labute approximate surface area is 617 Å². The molecule has 12 N–H and O–H groups in total. The zero-order valence-corrected chi connectivity index (χ0v) is 61.1. The molecule has 8 aliphatic rings. The molecule has 4 aromatic heterocycles. The molecule has 0 unspecified atom stereocenters. The number of nitrogens with zero attached hydrogens (tertiary/aromatic N) is 9. The van der Waals surface area contributed by atoms with Crippen molar-refractivity contribution in [2.75, 3.05) is 45.4 Å². The SMILES string of the molecule is C=C1NC(N)=Nc2c1ncn2[C@H]1C[C@H](O)[C@@H](CO[P@]2(=O)OCC[C@H](c3cc(Cl)ccc3Cl)O2)C1=C.C=C1NC(N)=Nc2c1ncn2[C@H]1C[C@H](O)[C@@H](CO[P@]2(=O)OCC[C@H](c3cc(Cl)ccc3F)O2)C1=C.C=C1[C@H](CO[P@]2(=O)OCC[C@H](c3cc(F)ccc3Cl)O2)[C@@H](O)C[C@@H]1n1cnc2c(=O)[nH]c(N)nc21. The Bertz CT molecular complexity index is 4730. The van der Waals surface area contributed by atoms with Crippen LogP contribution < -0.4 is 33.4 Å². The second kappa shape index (κ2) is 30.8. The van der Waals surface area contributed by atoms with E-state index in [2.05, 4.69) is 78.4 Å². The number of H-pyrrole nitrogens is 1. The van der Waals surface area contributed by atoms with Gasteiger partial charge >= 0.3 is 23.5 Å². The number of imidazole rings is 3. The van der Waals surface area contributed by atoms with Gasteiger partial charge in [0.25, 0.3) is 5.56 Å². The summed E-state index contributed by atoms with van der Waals surface area (Å²) in [7, 11) is -12.0. The fourth-order valence-corrected chi connectivity index (χ4v) is 18.5. The molecule has 40 heteroatoms. The number of aliphatic hydroxyl groups is 3. The van der Waals surface area contributed by atoms with E-state index in [0.717, 1.165) is 0 Å². The van der Waals surface area contributed by atoms with Crippen LogP contribution in [0.25, 0.3) is 22.6 Å². The molecule has 0 radical (unpaired) electrons. The predicted octanol–water partition coefficient (Wildman–Crippen LogP) is 11.7. The number of rotatable bonds is 15. The summed E-state index contributed by atoms with van der Waals surface area (Å²) >= 11 is 24.5. The second-order valence-electron chi connectivity index (χ2n) is 25.5. The first-order valence-electron chi connectivity index (χ1n) is 32.6. The molecule has 3 aromatic carbocycles. The van der Waals surface area contributed by atoms with E-state index in [1.54, 1.807) is 44.6 Å². The molecule has 15 atom stereocenters. The van der Waals surface area contributed by atoms with Gasteiger partial charge in [0.2, 0.25) is 5.95 Å². The molecule has 7 aromatic rings. The first-order valence-corrected chi connectivity index (χ1v) is 38.5. The maximum absolute atomic E-state index is 14.3. The zero-order valence-electron chi connectivity index (χ0n) is 55.4. The topological polar surface area (TPSA) is 421 Å². The summed E-state index contributed by atoms with van der Waals surface area (Å²) < 4.78 is 122. The van der Waals surface area contributed by atoms with Gasteiger partial charge in [-0.3, -0.25) is 50.5 Å². The lowest BCUT2D eigenvalue weighted by molar-refractivity contribution is 0.0146. The van der Waals surface area contributed by atoms with E-state index in [9.17, 15) is 42.6 Å². The molecule has 0 amide bonds. The van der Waals surface area contributed by atoms with Crippen LogP contribution in [0.15, 0.2) is 138 Å². The highest BCUT2D eigenvalue weighted by Crippen LogP contribution is 2.62. The molecule has 6 fully saturated rings. The Morgan fingerprint density at radius 3 is 1.43 bits per heavy atom. The third-order valence-electron chi connectivity index (χ3n) is 18.9. The second-order valence-corrected chi connectivity index (χ2v) is 32.1. The summed E-state index contributed by atoms with van der Waals surface area (Å²) in [6, 6.07) is 11.8. The van der Waals surface area contributed by atoms with E-state index < -0.39 is 101 Å². The molecule has 0 bridgehead atoms. The molecule has 105 heavy (non-hydrogen) atoms. The van der Waals surface area contributed by atoms with Crippen LogP contribution in [0, 0.1) is 29.4 Å². The van der Waals surface area contributed by atoms with Crippen molar-refractivity contribution in [3.63, 3.8) is 0 Å². The van der Waals surface area contributed by atoms with Gasteiger partial charge in [0.15, 0.2) is 34.7 Å². The van der Waals surface area contributed by atoms with Gasteiger partial charge in [-0.05, 0) is 90.6 Å². The highest BCUT2D eigenvalue weighted by atomic mass is 35.5. The van der Waals surface area contributed by atoms with Gasteiger partial charge in [-0.15, -0.1) is 0 Å². The summed E-state index contributed by atoms with van der Waals surface area (Å²) in [6.45, 7) is 19.9. The number of benzene rings is 3. The average Bonchev–Trinajstić information content (AvgIpc) is 1.60. The summed E-state index contributed by atoms with van der Waals surface area (Å²) in [5.41, 5.74) is 22.4. The smallest absolute Gasteiger partial charge is 0.392 e. The number of hydrogen-bond donors (Lipinski definition) is 9. The largest absolute Gasteiger partial charge is 0.475 e. The number of phosphoric ester groups is 3. The van der Waals surface area contributed by atoms with Gasteiger partial charge in [-0.2, -0.15) is 15.0 Å². The Morgan fingerprint density at radius 1 is 0.562 bits per heavy atom. The Balaban J connectivity index is 0.000000140. The molecule has 3 saturated carbocycles. The lowest BCUT2D eigenvalue weighted by Gasteiger charge is -2.30. The van der Waals surface area contributed by atoms with Gasteiger partial charge < -0.3 is 56.9 Å². The van der Waals surface area contributed by atoms with Gasteiger partial charge in [0.1, 0.15) is 23.0 Å². The third-order valence-corrected chi connectivity index (χ3v) is 24.5. The minimum absolute atomic E-state index is 0.0449. The molecule has 5 aliphatic heterocycles. The molecule has 31 nitrogen and oxygen atoms in total. The first-order chi connectivity index (χ1) is 49.9. The van der Waals surface area contributed by atoms with Crippen molar-refractivity contribution in [1.82, 2.24) is 49.3 Å². The average molecular weight is 1590 g/mol. The lowest BCUT2D eigenvalue weighted by Crippen LogP contribution is -2.32. The summed E-state index contributed by atoms with van der Waals surface area (Å²) in [4.78, 5) is 40.1. The quantitative estimate of drug-likeness (QED) is 0.0340. The van der Waals surface area contributed by atoms with Crippen molar-refractivity contribution in [1.29, 1.82) is 0 Å². The monoisotopic (exact) mass is 1590 g/mol. The van der Waals surface area contributed by atoms with Crippen LogP contribution in [0.4, 0.5) is 26.4 Å². The maximum Gasteiger partial charge on any atom is 0.475 e. The number of anilines is 1. The molecule has 15 rings (SSSR count). The summed E-state index contributed by atoms with van der Waals surface area (Å²) in [5.74, 6) is -1.38. The van der Waals surface area contributed by atoms with Crippen LogP contribution in [0.5, 0.6) is 0 Å². The number of aliphatic hydroxyl groups excluding tert-OH is 3. The lowest BCUT2D eigenvalue weighted by atomic mass is 10.0. The highest BCUT2D eigenvalue weighted by Gasteiger charge is 2.47. The zero-order chi connectivity index (χ0) is 74.7. The molecular formula is C65H70Cl4F2N15O16P3. The Kier molecular flexibility index (Phi) is 22.2. The van der Waals surface area contributed by atoms with E-state index in [1.807, 2.05) is 0 Å². The van der Waals surface area contributed by atoms with E-state index in [4.69, 9.17) is 104 Å². The van der Waals surface area contributed by atoms with Crippen LogP contribution in [-0.4, -0.2) is 124 Å². The van der Waals surface area contributed by atoms with Gasteiger partial charge in [0, 0.05) is 73.8 Å². The first kappa shape index (κ1) is 75.9. The van der Waals surface area contributed by atoms with Crippen LogP contribution >= 0.6 is 69.9 Å².